The summed E-state index contributed by atoms with van der Waals surface area (Å²) in [6, 6.07) is 15.2. The highest BCUT2D eigenvalue weighted by Crippen LogP contribution is 2.34. The number of nitriles is 1. The normalized spacial score (nSPS) is 13.5. The number of carbonyl (C=O) groups is 1. The summed E-state index contributed by atoms with van der Waals surface area (Å²) in [7, 11) is 1.64. The molecular weight excluding hydrogens is 406 g/mol. The zero-order valence-corrected chi connectivity index (χ0v) is 18.2. The minimum atomic E-state index is -0.0809. The van der Waals surface area contributed by atoms with Crippen LogP contribution in [0.1, 0.15) is 17.0 Å². The SMILES string of the molecule is COc1cc(N2CCN(C(=O)NCc3ccc(C#N)cc3)CC2)ccc1-c1cnc(C)o1. The lowest BCUT2D eigenvalue weighted by molar-refractivity contribution is 0.194. The van der Waals surface area contributed by atoms with Crippen LogP contribution < -0.4 is 15.0 Å². The molecule has 1 aliphatic heterocycles. The van der Waals surface area contributed by atoms with Gasteiger partial charge in [0.25, 0.3) is 0 Å². The van der Waals surface area contributed by atoms with Crippen molar-refractivity contribution in [2.75, 3.05) is 38.2 Å². The number of nitrogens with one attached hydrogen (secondary N) is 1. The molecule has 164 valence electrons. The van der Waals surface area contributed by atoms with Gasteiger partial charge in [0.2, 0.25) is 0 Å². The van der Waals surface area contributed by atoms with Gasteiger partial charge in [-0.15, -0.1) is 0 Å². The van der Waals surface area contributed by atoms with Crippen molar-refractivity contribution >= 4 is 11.7 Å². The van der Waals surface area contributed by atoms with Crippen LogP contribution in [-0.4, -0.2) is 49.2 Å². The Labute approximate surface area is 187 Å². The van der Waals surface area contributed by atoms with Gasteiger partial charge in [0, 0.05) is 51.4 Å². The molecule has 32 heavy (non-hydrogen) atoms. The Morgan fingerprint density at radius 2 is 1.94 bits per heavy atom. The van der Waals surface area contributed by atoms with Gasteiger partial charge in [-0.05, 0) is 29.8 Å². The van der Waals surface area contributed by atoms with Crippen LogP contribution in [0.25, 0.3) is 11.3 Å². The van der Waals surface area contributed by atoms with Crippen molar-refractivity contribution in [3.05, 3.63) is 65.7 Å². The van der Waals surface area contributed by atoms with E-state index in [2.05, 4.69) is 21.3 Å². The summed E-state index contributed by atoms with van der Waals surface area (Å²) in [6.45, 7) is 4.96. The average Bonchev–Trinajstić information content (AvgIpc) is 3.28. The Balaban J connectivity index is 1.33. The minimum absolute atomic E-state index is 0.0809. The van der Waals surface area contributed by atoms with Crippen molar-refractivity contribution in [1.82, 2.24) is 15.2 Å². The highest BCUT2D eigenvalue weighted by Gasteiger charge is 2.22. The Bertz CT molecular complexity index is 1130. The third kappa shape index (κ3) is 4.67. The van der Waals surface area contributed by atoms with Crippen molar-refractivity contribution in [2.45, 2.75) is 13.5 Å². The topological polar surface area (TPSA) is 94.6 Å². The van der Waals surface area contributed by atoms with Crippen molar-refractivity contribution in [2.24, 2.45) is 0 Å². The Kier molecular flexibility index (Phi) is 6.26. The van der Waals surface area contributed by atoms with Crippen molar-refractivity contribution < 1.29 is 13.9 Å². The molecule has 2 aromatic carbocycles. The molecule has 1 fully saturated rings. The molecule has 0 atom stereocenters. The summed E-state index contributed by atoms with van der Waals surface area (Å²) in [6.07, 6.45) is 1.70. The average molecular weight is 431 g/mol. The van der Waals surface area contributed by atoms with Gasteiger partial charge in [-0.3, -0.25) is 0 Å². The largest absolute Gasteiger partial charge is 0.496 e. The molecule has 2 amide bonds. The zero-order chi connectivity index (χ0) is 22.5. The molecule has 1 N–H and O–H groups in total. The van der Waals surface area contributed by atoms with E-state index in [0.717, 1.165) is 35.7 Å². The number of methoxy groups -OCH3 is 1. The fourth-order valence-corrected chi connectivity index (χ4v) is 3.72. The number of urea groups is 1. The van der Waals surface area contributed by atoms with E-state index in [4.69, 9.17) is 14.4 Å². The molecule has 1 aromatic heterocycles. The second kappa shape index (κ2) is 9.43. The number of anilines is 1. The predicted octanol–water partition coefficient (Wildman–Crippen LogP) is 3.56. The van der Waals surface area contributed by atoms with E-state index in [-0.39, 0.29) is 6.03 Å². The van der Waals surface area contributed by atoms with Gasteiger partial charge in [0.15, 0.2) is 11.7 Å². The number of carbonyl (C=O) groups excluding carboxylic acids is 1. The van der Waals surface area contributed by atoms with Crippen LogP contribution in [0.5, 0.6) is 5.75 Å². The lowest BCUT2D eigenvalue weighted by Crippen LogP contribution is -2.51. The van der Waals surface area contributed by atoms with Gasteiger partial charge in [-0.25, -0.2) is 9.78 Å². The summed E-state index contributed by atoms with van der Waals surface area (Å²) in [5.74, 6) is 2.01. The monoisotopic (exact) mass is 431 g/mol. The van der Waals surface area contributed by atoms with E-state index < -0.39 is 0 Å². The molecule has 0 radical (unpaired) electrons. The number of amides is 2. The molecule has 8 nitrogen and oxygen atoms in total. The summed E-state index contributed by atoms with van der Waals surface area (Å²) in [4.78, 5) is 20.8. The maximum atomic E-state index is 12.5. The second-order valence-electron chi connectivity index (χ2n) is 7.57. The quantitative estimate of drug-likeness (QED) is 0.664. The van der Waals surface area contributed by atoms with E-state index in [1.165, 1.54) is 0 Å². The molecule has 1 saturated heterocycles. The summed E-state index contributed by atoms with van der Waals surface area (Å²) < 4.78 is 11.2. The Morgan fingerprint density at radius 1 is 1.19 bits per heavy atom. The van der Waals surface area contributed by atoms with E-state index in [9.17, 15) is 4.79 Å². The third-order valence-electron chi connectivity index (χ3n) is 5.53. The highest BCUT2D eigenvalue weighted by molar-refractivity contribution is 5.75. The van der Waals surface area contributed by atoms with E-state index in [1.54, 1.807) is 25.4 Å². The van der Waals surface area contributed by atoms with E-state index >= 15 is 0 Å². The van der Waals surface area contributed by atoms with Crippen molar-refractivity contribution in [3.8, 4) is 23.1 Å². The van der Waals surface area contributed by atoms with Gasteiger partial charge in [-0.2, -0.15) is 5.26 Å². The molecule has 3 aromatic rings. The van der Waals surface area contributed by atoms with E-state index in [0.29, 0.717) is 36.8 Å². The number of rotatable bonds is 5. The highest BCUT2D eigenvalue weighted by atomic mass is 16.5. The molecule has 0 unspecified atom stereocenters. The molecule has 0 aliphatic carbocycles. The third-order valence-corrected chi connectivity index (χ3v) is 5.53. The fourth-order valence-electron chi connectivity index (χ4n) is 3.72. The number of aromatic nitrogens is 1. The van der Waals surface area contributed by atoms with Gasteiger partial charge in [-0.1, -0.05) is 12.1 Å². The molecule has 1 aliphatic rings. The van der Waals surface area contributed by atoms with Crippen LogP contribution in [0.2, 0.25) is 0 Å². The van der Waals surface area contributed by atoms with Crippen LogP contribution >= 0.6 is 0 Å². The van der Waals surface area contributed by atoms with Gasteiger partial charge < -0.3 is 24.3 Å². The maximum Gasteiger partial charge on any atom is 0.317 e. The minimum Gasteiger partial charge on any atom is -0.496 e. The molecule has 0 spiro atoms. The number of hydrogen-bond donors (Lipinski definition) is 1. The second-order valence-corrected chi connectivity index (χ2v) is 7.57. The number of ether oxygens (including phenoxy) is 1. The summed E-state index contributed by atoms with van der Waals surface area (Å²) >= 11 is 0. The first-order chi connectivity index (χ1) is 15.6. The first kappa shape index (κ1) is 21.2. The lowest BCUT2D eigenvalue weighted by Gasteiger charge is -2.36. The predicted molar refractivity (Wildman–Crippen MR) is 120 cm³/mol. The van der Waals surface area contributed by atoms with Crippen LogP contribution in [0.3, 0.4) is 0 Å². The smallest absolute Gasteiger partial charge is 0.317 e. The van der Waals surface area contributed by atoms with E-state index in [1.807, 2.05) is 42.2 Å². The van der Waals surface area contributed by atoms with Gasteiger partial charge in [0.1, 0.15) is 5.75 Å². The number of piperazine rings is 1. The molecule has 2 heterocycles. The zero-order valence-electron chi connectivity index (χ0n) is 18.2. The fraction of sp³-hybridized carbons (Fsp3) is 0.292. The van der Waals surface area contributed by atoms with Crippen LogP contribution in [0, 0.1) is 18.3 Å². The summed E-state index contributed by atoms with van der Waals surface area (Å²) in [5, 5.41) is 11.8. The van der Waals surface area contributed by atoms with Crippen molar-refractivity contribution in [1.29, 1.82) is 5.26 Å². The molecule has 8 heteroatoms. The number of benzene rings is 2. The van der Waals surface area contributed by atoms with Crippen LogP contribution in [0.4, 0.5) is 10.5 Å². The molecular formula is C24H25N5O3. The molecule has 0 bridgehead atoms. The van der Waals surface area contributed by atoms with Crippen molar-refractivity contribution in [3.63, 3.8) is 0 Å². The molecule has 0 saturated carbocycles. The number of aryl methyl sites for hydroxylation is 1. The Hall–Kier alpha value is -3.99. The first-order valence-electron chi connectivity index (χ1n) is 10.4. The lowest BCUT2D eigenvalue weighted by atomic mass is 10.1. The number of nitrogens with zero attached hydrogens (tertiary/aromatic N) is 4. The van der Waals surface area contributed by atoms with Crippen LogP contribution in [0.15, 0.2) is 53.1 Å². The van der Waals surface area contributed by atoms with Gasteiger partial charge >= 0.3 is 6.03 Å². The Morgan fingerprint density at radius 3 is 2.56 bits per heavy atom. The standard InChI is InChI=1S/C24H25N5O3/c1-17-26-16-23(32-17)21-8-7-20(13-22(21)31-2)28-9-11-29(12-10-28)24(30)27-15-19-5-3-18(14-25)4-6-19/h3-8,13,16H,9-12,15H2,1-2H3,(H,27,30). The maximum absolute atomic E-state index is 12.5. The number of oxazole rings is 1. The number of hydrogen-bond acceptors (Lipinski definition) is 6. The summed E-state index contributed by atoms with van der Waals surface area (Å²) in [5.41, 5.74) is 3.47. The first-order valence-corrected chi connectivity index (χ1v) is 10.4. The molecule has 4 rings (SSSR count). The van der Waals surface area contributed by atoms with Crippen LogP contribution in [-0.2, 0) is 6.54 Å². The van der Waals surface area contributed by atoms with Gasteiger partial charge in [0.05, 0.1) is 30.5 Å².